The van der Waals surface area contributed by atoms with Gasteiger partial charge in [0.05, 0.1) is 0 Å². The molecule has 1 atom stereocenters. The molecule has 28 heavy (non-hydrogen) atoms. The van der Waals surface area contributed by atoms with Crippen molar-refractivity contribution in [2.75, 3.05) is 0 Å². The molecule has 2 aromatic rings. The third-order valence-electron chi connectivity index (χ3n) is 6.54. The molecule has 2 aliphatic carbocycles. The second kappa shape index (κ2) is 9.63. The molecule has 0 amide bonds. The summed E-state index contributed by atoms with van der Waals surface area (Å²) in [6.45, 7) is 2.20. The topological polar surface area (TPSA) is 0 Å². The predicted molar refractivity (Wildman–Crippen MR) is 119 cm³/mol. The molecule has 0 aromatic heterocycles. The van der Waals surface area contributed by atoms with Gasteiger partial charge in [0.25, 0.3) is 0 Å². The van der Waals surface area contributed by atoms with Crippen LogP contribution in [0.25, 0.3) is 17.2 Å². The second-order valence-electron chi connectivity index (χ2n) is 8.36. The Balaban J connectivity index is 1.68. The molecule has 1 saturated carbocycles. The summed E-state index contributed by atoms with van der Waals surface area (Å²) < 4.78 is 0.332. The molecule has 0 saturated heterocycles. The fourth-order valence-corrected chi connectivity index (χ4v) is 10.4. The Bertz CT molecular complexity index is 830. The van der Waals surface area contributed by atoms with Gasteiger partial charge in [0.1, 0.15) is 0 Å². The van der Waals surface area contributed by atoms with E-state index in [9.17, 15) is 0 Å². The molecule has 0 nitrogen and oxygen atoms in total. The van der Waals surface area contributed by atoms with Crippen molar-refractivity contribution in [3.05, 3.63) is 64.7 Å². The first-order valence-corrected chi connectivity index (χ1v) is 18.5. The van der Waals surface area contributed by atoms with Crippen molar-refractivity contribution in [2.45, 2.75) is 61.9 Å². The van der Waals surface area contributed by atoms with Gasteiger partial charge in [0, 0.05) is 0 Å². The normalized spacial score (nSPS) is 19.8. The quantitative estimate of drug-likeness (QED) is 0.367. The fraction of sp³-hybridized carbons (Fsp3) is 0.440. The van der Waals surface area contributed by atoms with Crippen molar-refractivity contribution in [1.29, 1.82) is 0 Å². The third kappa shape index (κ3) is 4.53. The van der Waals surface area contributed by atoms with Crippen LogP contribution in [0.3, 0.4) is 0 Å². The molecular weight excluding hydrogens is 462 g/mol. The van der Waals surface area contributed by atoms with E-state index < -0.39 is 19.4 Å². The minimum absolute atomic E-state index is 0.332. The van der Waals surface area contributed by atoms with Crippen LogP contribution in [-0.2, 0) is 25.8 Å². The average molecular weight is 492 g/mol. The van der Waals surface area contributed by atoms with Gasteiger partial charge in [-0.1, -0.05) is 0 Å². The number of hydrogen-bond donors (Lipinski definition) is 0. The number of hydrogen-bond acceptors (Lipinski definition) is 0. The number of halogens is 2. The van der Waals surface area contributed by atoms with Crippen molar-refractivity contribution in [3.8, 4) is 11.1 Å². The minimum atomic E-state index is -2.46. The zero-order valence-corrected chi connectivity index (χ0v) is 20.7. The van der Waals surface area contributed by atoms with Crippen LogP contribution >= 0.6 is 17.0 Å². The van der Waals surface area contributed by atoms with Gasteiger partial charge in [0.15, 0.2) is 0 Å². The van der Waals surface area contributed by atoms with Gasteiger partial charge in [-0.05, 0) is 0 Å². The number of benzene rings is 2. The third-order valence-corrected chi connectivity index (χ3v) is 11.9. The summed E-state index contributed by atoms with van der Waals surface area (Å²) in [6.07, 6.45) is 13.1. The van der Waals surface area contributed by atoms with Crippen LogP contribution < -0.4 is 0 Å². The van der Waals surface area contributed by atoms with Gasteiger partial charge in [-0.25, -0.2) is 0 Å². The van der Waals surface area contributed by atoms with Crippen molar-refractivity contribution in [2.24, 2.45) is 5.92 Å². The molecule has 1 fully saturated rings. The van der Waals surface area contributed by atoms with Crippen LogP contribution in [0.4, 0.5) is 0 Å². The van der Waals surface area contributed by atoms with E-state index in [-0.39, 0.29) is 0 Å². The second-order valence-corrected chi connectivity index (χ2v) is 17.2. The first-order valence-electron chi connectivity index (χ1n) is 10.8. The maximum absolute atomic E-state index is 6.72. The molecule has 2 aliphatic rings. The van der Waals surface area contributed by atoms with E-state index in [2.05, 4.69) is 55.5 Å². The molecular formula is C25H29Cl2Zr. The molecule has 0 radical (unpaired) electrons. The summed E-state index contributed by atoms with van der Waals surface area (Å²) in [6, 6.07) is 15.8. The molecule has 0 spiro atoms. The van der Waals surface area contributed by atoms with Crippen LogP contribution in [0.15, 0.2) is 48.0 Å². The molecule has 0 N–H and O–H groups in total. The molecule has 4 rings (SSSR count). The molecule has 2 aromatic carbocycles. The van der Waals surface area contributed by atoms with Gasteiger partial charge in [-0.15, -0.1) is 0 Å². The summed E-state index contributed by atoms with van der Waals surface area (Å²) in [5, 5.41) is 0. The number of allylic oxidation sites excluding steroid dienone is 1. The Morgan fingerprint density at radius 2 is 1.64 bits per heavy atom. The molecule has 3 heteroatoms. The summed E-state index contributed by atoms with van der Waals surface area (Å²) in [5.41, 5.74) is 8.31. The van der Waals surface area contributed by atoms with Crippen molar-refractivity contribution in [3.63, 3.8) is 0 Å². The Labute approximate surface area is 185 Å². The molecule has 0 bridgehead atoms. The Hall–Kier alpha value is -0.357. The van der Waals surface area contributed by atoms with Crippen LogP contribution in [0.1, 0.15) is 72.2 Å². The van der Waals surface area contributed by atoms with Crippen LogP contribution in [-0.4, -0.2) is 0 Å². The van der Waals surface area contributed by atoms with Gasteiger partial charge in [-0.3, -0.25) is 0 Å². The summed E-state index contributed by atoms with van der Waals surface area (Å²) in [5.74, 6) is 0.814. The van der Waals surface area contributed by atoms with Crippen LogP contribution in [0, 0.1) is 5.92 Å². The fourth-order valence-electron chi connectivity index (χ4n) is 4.97. The predicted octanol–water partition coefficient (Wildman–Crippen LogP) is 8.64. The summed E-state index contributed by atoms with van der Waals surface area (Å²) >= 11 is -2.46. The standard InChI is InChI=1S/C25H29.2ClH.Zr/c1-2-19-12-14-22(15-13-19)24-11-7-10-23-17-21(18-25(23)24)16-20-8-5-3-4-6-9-20;;;/h7,10-15,17-18,20H,2-6,8-9,16H2,1H3;2*1H;/q;;;+2/p-2. The first kappa shape index (κ1) is 20.9. The van der Waals surface area contributed by atoms with Crippen molar-refractivity contribution < 1.29 is 19.4 Å². The molecule has 147 valence electrons. The van der Waals surface area contributed by atoms with E-state index in [0.29, 0.717) is 3.63 Å². The van der Waals surface area contributed by atoms with Gasteiger partial charge in [0.2, 0.25) is 0 Å². The molecule has 0 heterocycles. The Morgan fingerprint density at radius 1 is 0.929 bits per heavy atom. The summed E-state index contributed by atoms with van der Waals surface area (Å²) in [4.78, 5) is 0. The van der Waals surface area contributed by atoms with Crippen LogP contribution in [0.5, 0.6) is 0 Å². The van der Waals surface area contributed by atoms with E-state index in [1.54, 1.807) is 0 Å². The van der Waals surface area contributed by atoms with E-state index in [1.165, 1.54) is 78.3 Å². The average Bonchev–Trinajstić information content (AvgIpc) is 2.88. The van der Waals surface area contributed by atoms with E-state index in [4.69, 9.17) is 17.0 Å². The maximum atomic E-state index is 6.72. The summed E-state index contributed by atoms with van der Waals surface area (Å²) in [7, 11) is 13.4. The zero-order chi connectivity index (χ0) is 19.5. The number of aryl methyl sites for hydroxylation is 1. The van der Waals surface area contributed by atoms with Gasteiger partial charge < -0.3 is 0 Å². The van der Waals surface area contributed by atoms with E-state index in [0.717, 1.165) is 12.3 Å². The van der Waals surface area contributed by atoms with Gasteiger partial charge in [-0.2, -0.15) is 0 Å². The van der Waals surface area contributed by atoms with Crippen molar-refractivity contribution in [1.82, 2.24) is 0 Å². The van der Waals surface area contributed by atoms with E-state index in [1.807, 2.05) is 0 Å². The SMILES string of the molecule is CCc1ccc(-c2cccc3c2C=C(CC2CCCCCC2)[CH]3[Zr]([Cl])[Cl])cc1. The van der Waals surface area contributed by atoms with E-state index >= 15 is 0 Å². The monoisotopic (exact) mass is 489 g/mol. The first-order chi connectivity index (χ1) is 13.7. The van der Waals surface area contributed by atoms with Crippen LogP contribution in [0.2, 0.25) is 0 Å². The Morgan fingerprint density at radius 3 is 2.29 bits per heavy atom. The number of fused-ring (bicyclic) bond motifs is 1. The van der Waals surface area contributed by atoms with Crippen molar-refractivity contribution >= 4 is 23.1 Å². The van der Waals surface area contributed by atoms with Gasteiger partial charge >= 0.3 is 186 Å². The number of rotatable bonds is 5. The molecule has 0 aliphatic heterocycles. The molecule has 1 unspecified atom stereocenters. The Kier molecular flexibility index (Phi) is 7.19. The zero-order valence-electron chi connectivity index (χ0n) is 16.7.